The summed E-state index contributed by atoms with van der Waals surface area (Å²) in [6.07, 6.45) is 1.38. The summed E-state index contributed by atoms with van der Waals surface area (Å²) in [6.45, 7) is 1.67. The van der Waals surface area contributed by atoms with E-state index in [-0.39, 0.29) is 17.2 Å². The van der Waals surface area contributed by atoms with Crippen LogP contribution in [0.25, 0.3) is 0 Å². The summed E-state index contributed by atoms with van der Waals surface area (Å²) < 4.78 is 5.14. The third-order valence-electron chi connectivity index (χ3n) is 3.80. The van der Waals surface area contributed by atoms with E-state index < -0.39 is 29.2 Å². The minimum absolute atomic E-state index is 0.0175. The molecule has 0 radical (unpaired) electrons. The van der Waals surface area contributed by atoms with Gasteiger partial charge in [0, 0.05) is 5.75 Å². The number of rotatable bonds is 5. The van der Waals surface area contributed by atoms with Crippen LogP contribution in [0.4, 0.5) is 0 Å². The van der Waals surface area contributed by atoms with Gasteiger partial charge in [-0.05, 0) is 24.6 Å². The van der Waals surface area contributed by atoms with Crippen LogP contribution in [-0.2, 0) is 19.2 Å². The standard InChI is InChI=1S/C15H15N3O6S/c1-7-6-25-14-10(13(20)18(14)11(7)15(21)22)16-12(19)9(17-23-2)8-4-3-5-24-8/h3-5,10,14H,6H2,1-2H3,(H,16,19)(H,21,22)/t10-,14-/m1/s1. The first kappa shape index (κ1) is 17.1. The summed E-state index contributed by atoms with van der Waals surface area (Å²) in [5.41, 5.74) is 0.491. The van der Waals surface area contributed by atoms with Crippen LogP contribution in [0.3, 0.4) is 0 Å². The van der Waals surface area contributed by atoms with Gasteiger partial charge >= 0.3 is 5.97 Å². The zero-order valence-corrected chi connectivity index (χ0v) is 14.2. The lowest BCUT2D eigenvalue weighted by Crippen LogP contribution is -2.71. The quantitative estimate of drug-likeness (QED) is 0.440. The minimum Gasteiger partial charge on any atom is -0.477 e. The molecule has 0 unspecified atom stereocenters. The third kappa shape index (κ3) is 2.88. The van der Waals surface area contributed by atoms with E-state index in [1.807, 2.05) is 0 Å². The highest BCUT2D eigenvalue weighted by atomic mass is 32.2. The van der Waals surface area contributed by atoms with E-state index in [1.54, 1.807) is 13.0 Å². The van der Waals surface area contributed by atoms with Gasteiger partial charge in [-0.1, -0.05) is 5.16 Å². The molecule has 25 heavy (non-hydrogen) atoms. The van der Waals surface area contributed by atoms with E-state index in [4.69, 9.17) is 4.42 Å². The number of furan rings is 1. The number of oxime groups is 1. The van der Waals surface area contributed by atoms with Crippen LogP contribution in [-0.4, -0.2) is 57.8 Å². The fraction of sp³-hybridized carbons (Fsp3) is 0.333. The van der Waals surface area contributed by atoms with E-state index >= 15 is 0 Å². The summed E-state index contributed by atoms with van der Waals surface area (Å²) in [5.74, 6) is -1.60. The van der Waals surface area contributed by atoms with Crippen LogP contribution in [0.2, 0.25) is 0 Å². The molecule has 2 N–H and O–H groups in total. The normalized spacial score (nSPS) is 23.0. The third-order valence-corrected chi connectivity index (χ3v) is 5.22. The highest BCUT2D eigenvalue weighted by molar-refractivity contribution is 8.00. The van der Waals surface area contributed by atoms with Gasteiger partial charge in [-0.2, -0.15) is 0 Å². The fourth-order valence-electron chi connectivity index (χ4n) is 2.69. The van der Waals surface area contributed by atoms with Crippen molar-refractivity contribution < 1.29 is 28.7 Å². The van der Waals surface area contributed by atoms with Crippen molar-refractivity contribution in [2.24, 2.45) is 5.16 Å². The van der Waals surface area contributed by atoms with Crippen LogP contribution in [0.1, 0.15) is 12.7 Å². The summed E-state index contributed by atoms with van der Waals surface area (Å²) >= 11 is 1.39. The maximum atomic E-state index is 12.4. The summed E-state index contributed by atoms with van der Waals surface area (Å²) in [5, 5.41) is 15.1. The van der Waals surface area contributed by atoms with Crippen LogP contribution >= 0.6 is 11.8 Å². The Morgan fingerprint density at radius 1 is 1.52 bits per heavy atom. The van der Waals surface area contributed by atoms with Gasteiger partial charge in [-0.25, -0.2) is 4.79 Å². The van der Waals surface area contributed by atoms with Gasteiger partial charge in [0.15, 0.2) is 5.76 Å². The van der Waals surface area contributed by atoms with Gasteiger partial charge < -0.3 is 19.7 Å². The lowest BCUT2D eigenvalue weighted by molar-refractivity contribution is -0.150. The number of hydrogen-bond donors (Lipinski definition) is 2. The van der Waals surface area contributed by atoms with Gasteiger partial charge in [-0.15, -0.1) is 11.8 Å². The predicted molar refractivity (Wildman–Crippen MR) is 87.6 cm³/mol. The van der Waals surface area contributed by atoms with Crippen molar-refractivity contribution in [2.45, 2.75) is 18.3 Å². The van der Waals surface area contributed by atoms with E-state index in [2.05, 4.69) is 15.3 Å². The number of carbonyl (C=O) groups is 3. The molecule has 0 saturated carbocycles. The van der Waals surface area contributed by atoms with E-state index in [0.29, 0.717) is 11.3 Å². The molecule has 132 valence electrons. The maximum absolute atomic E-state index is 12.4. The Morgan fingerprint density at radius 3 is 2.88 bits per heavy atom. The molecule has 9 nitrogen and oxygen atoms in total. The molecule has 2 aliphatic heterocycles. The zero-order valence-electron chi connectivity index (χ0n) is 13.4. The Morgan fingerprint density at radius 2 is 2.28 bits per heavy atom. The number of aliphatic carboxylic acids is 1. The molecular weight excluding hydrogens is 350 g/mol. The molecule has 0 aliphatic carbocycles. The minimum atomic E-state index is -1.15. The molecule has 10 heteroatoms. The average molecular weight is 365 g/mol. The largest absolute Gasteiger partial charge is 0.477 e. The molecule has 0 spiro atoms. The number of nitrogens with one attached hydrogen (secondary N) is 1. The number of hydrogen-bond acceptors (Lipinski definition) is 7. The molecule has 2 amide bonds. The molecule has 3 rings (SSSR count). The Bertz CT molecular complexity index is 785. The van der Waals surface area contributed by atoms with Gasteiger partial charge in [0.1, 0.15) is 24.2 Å². The smallest absolute Gasteiger partial charge is 0.352 e. The van der Waals surface area contributed by atoms with Crippen LogP contribution in [0, 0.1) is 0 Å². The molecule has 0 bridgehead atoms. The molecule has 1 fully saturated rings. The molecule has 3 heterocycles. The molecule has 0 aromatic carbocycles. The van der Waals surface area contributed by atoms with Gasteiger partial charge in [0.05, 0.1) is 6.26 Å². The van der Waals surface area contributed by atoms with E-state index in [1.165, 1.54) is 36.1 Å². The predicted octanol–water partition coefficient (Wildman–Crippen LogP) is 0.389. The van der Waals surface area contributed by atoms with Gasteiger partial charge in [0.2, 0.25) is 5.71 Å². The fourth-order valence-corrected chi connectivity index (χ4v) is 3.98. The van der Waals surface area contributed by atoms with Crippen molar-refractivity contribution in [3.8, 4) is 0 Å². The molecule has 2 atom stereocenters. The topological polar surface area (TPSA) is 121 Å². The second-order valence-corrected chi connectivity index (χ2v) is 6.50. The summed E-state index contributed by atoms with van der Waals surface area (Å²) in [4.78, 5) is 42.1. The number of β-lactam (4-membered cyclic amide) rings is 1. The Balaban J connectivity index is 1.77. The van der Waals surface area contributed by atoms with Crippen molar-refractivity contribution in [1.82, 2.24) is 10.2 Å². The monoisotopic (exact) mass is 365 g/mol. The molecule has 2 aliphatic rings. The van der Waals surface area contributed by atoms with Crippen LogP contribution in [0.5, 0.6) is 0 Å². The first-order chi connectivity index (χ1) is 12.0. The van der Waals surface area contributed by atoms with Crippen LogP contribution < -0.4 is 5.32 Å². The van der Waals surface area contributed by atoms with Crippen molar-refractivity contribution >= 4 is 35.3 Å². The Hall–Kier alpha value is -2.75. The first-order valence-electron chi connectivity index (χ1n) is 7.29. The van der Waals surface area contributed by atoms with Crippen molar-refractivity contribution in [3.63, 3.8) is 0 Å². The first-order valence-corrected chi connectivity index (χ1v) is 8.34. The van der Waals surface area contributed by atoms with Crippen molar-refractivity contribution in [3.05, 3.63) is 35.4 Å². The number of thioether (sulfide) groups is 1. The number of amides is 2. The molecule has 1 saturated heterocycles. The summed E-state index contributed by atoms with van der Waals surface area (Å²) in [7, 11) is 1.29. The van der Waals surface area contributed by atoms with Gasteiger partial charge in [0.25, 0.3) is 11.8 Å². The number of carbonyl (C=O) groups excluding carboxylic acids is 2. The Kier molecular flexibility index (Phi) is 4.53. The highest BCUT2D eigenvalue weighted by Gasteiger charge is 2.54. The lowest BCUT2D eigenvalue weighted by Gasteiger charge is -2.49. The SMILES string of the molecule is CON=C(C(=O)N[C@@H]1C(=O)N2C(C(=O)O)=C(C)CS[C@H]12)c1ccco1. The number of carboxylic acid groups (broad SMARTS) is 1. The Labute approximate surface area is 146 Å². The van der Waals surface area contributed by atoms with E-state index in [9.17, 15) is 19.5 Å². The average Bonchev–Trinajstić information content (AvgIpc) is 3.10. The molecule has 1 aromatic heterocycles. The number of carboxylic acids is 1. The molecule has 1 aromatic rings. The van der Waals surface area contributed by atoms with Gasteiger partial charge in [-0.3, -0.25) is 14.5 Å². The number of fused-ring (bicyclic) bond motifs is 1. The highest BCUT2D eigenvalue weighted by Crippen LogP contribution is 2.40. The second kappa shape index (κ2) is 6.63. The lowest BCUT2D eigenvalue weighted by atomic mass is 10.0. The van der Waals surface area contributed by atoms with Crippen molar-refractivity contribution in [1.29, 1.82) is 0 Å². The number of nitrogens with zero attached hydrogens (tertiary/aromatic N) is 2. The zero-order chi connectivity index (χ0) is 18.1. The molecular formula is C15H15N3O6S. The van der Waals surface area contributed by atoms with Crippen molar-refractivity contribution in [2.75, 3.05) is 12.9 Å². The summed E-state index contributed by atoms with van der Waals surface area (Å²) in [6, 6.07) is 2.29. The second-order valence-electron chi connectivity index (χ2n) is 5.39. The maximum Gasteiger partial charge on any atom is 0.352 e. The van der Waals surface area contributed by atoms with E-state index in [0.717, 1.165) is 0 Å². The van der Waals surface area contributed by atoms with Crippen LogP contribution in [0.15, 0.2) is 39.2 Å².